The van der Waals surface area contributed by atoms with E-state index in [9.17, 15) is 14.7 Å². The average molecular weight is 583 g/mol. The number of carbonyl (C=O) groups excluding carboxylic acids is 1. The topological polar surface area (TPSA) is 146 Å². The Kier molecular flexibility index (Phi) is 9.57. The van der Waals surface area contributed by atoms with Crippen LogP contribution in [0.3, 0.4) is 0 Å². The molecule has 222 valence electrons. The highest BCUT2D eigenvalue weighted by Crippen LogP contribution is 2.28. The van der Waals surface area contributed by atoms with E-state index < -0.39 is 6.09 Å². The van der Waals surface area contributed by atoms with Crippen molar-refractivity contribution in [3.8, 4) is 11.3 Å². The first-order valence-electron chi connectivity index (χ1n) is 14.1. The van der Waals surface area contributed by atoms with E-state index in [-0.39, 0.29) is 18.3 Å². The number of hydrogen-bond donors (Lipinski definition) is 3. The molecule has 12 heteroatoms. The van der Waals surface area contributed by atoms with Crippen LogP contribution in [0, 0.1) is 5.92 Å². The molecule has 1 aliphatic heterocycles. The molecular formula is C31H34N8O4. The molecule has 5 rings (SSSR count). The fraction of sp³-hybridized carbons (Fsp3) is 0.290. The number of methoxy groups -OCH3 is 1. The number of carbonyl (C=O) groups is 2. The zero-order chi connectivity index (χ0) is 30.0. The number of nitrogens with one attached hydrogen (secondary N) is 2. The predicted octanol–water partition coefficient (Wildman–Crippen LogP) is 4.31. The number of carboxylic acid groups (broad SMARTS) is 1. The van der Waals surface area contributed by atoms with Gasteiger partial charge in [-0.3, -0.25) is 9.78 Å². The number of ether oxygens (including phenoxy) is 1. The maximum atomic E-state index is 12.2. The smallest absolute Gasteiger partial charge is 0.407 e. The molecular weight excluding hydrogens is 548 g/mol. The van der Waals surface area contributed by atoms with Gasteiger partial charge in [0.15, 0.2) is 0 Å². The largest absolute Gasteiger partial charge is 0.469 e. The van der Waals surface area contributed by atoms with Gasteiger partial charge in [0.2, 0.25) is 0 Å². The maximum Gasteiger partial charge on any atom is 0.407 e. The monoisotopic (exact) mass is 582 g/mol. The lowest BCUT2D eigenvalue weighted by atomic mass is 9.96. The summed E-state index contributed by atoms with van der Waals surface area (Å²) in [6, 6.07) is 17.8. The highest BCUT2D eigenvalue weighted by Gasteiger charge is 2.22. The third kappa shape index (κ3) is 8.15. The van der Waals surface area contributed by atoms with E-state index >= 15 is 0 Å². The van der Waals surface area contributed by atoms with E-state index in [1.807, 2.05) is 42.5 Å². The number of aromatic nitrogens is 4. The highest BCUT2D eigenvalue weighted by atomic mass is 16.5. The summed E-state index contributed by atoms with van der Waals surface area (Å²) in [5.41, 5.74) is 3.52. The molecule has 1 saturated heterocycles. The highest BCUT2D eigenvalue weighted by molar-refractivity contribution is 5.72. The summed E-state index contributed by atoms with van der Waals surface area (Å²) >= 11 is 0. The Balaban J connectivity index is 1.39. The number of rotatable bonds is 11. The zero-order valence-corrected chi connectivity index (χ0v) is 23.9. The molecule has 12 nitrogen and oxygen atoms in total. The lowest BCUT2D eigenvalue weighted by molar-refractivity contribution is -0.141. The molecule has 1 aromatic carbocycles. The summed E-state index contributed by atoms with van der Waals surface area (Å²) in [6.07, 6.45) is 6.65. The van der Waals surface area contributed by atoms with Gasteiger partial charge >= 0.3 is 12.1 Å². The number of hydrogen-bond acceptors (Lipinski definition) is 10. The molecule has 4 heterocycles. The summed E-state index contributed by atoms with van der Waals surface area (Å²) in [5, 5.41) is 16.0. The summed E-state index contributed by atoms with van der Waals surface area (Å²) in [6.45, 7) is 2.48. The maximum absolute atomic E-state index is 12.2. The summed E-state index contributed by atoms with van der Waals surface area (Å²) < 4.78 is 4.97. The number of piperazine rings is 1. The Morgan fingerprint density at radius 2 is 1.79 bits per heavy atom. The second-order valence-electron chi connectivity index (χ2n) is 10.2. The number of amides is 1. The number of anilines is 4. The van der Waals surface area contributed by atoms with Gasteiger partial charge in [-0.15, -0.1) is 0 Å². The molecule has 0 radical (unpaired) electrons. The van der Waals surface area contributed by atoms with Crippen LogP contribution in [0.1, 0.15) is 12.0 Å². The van der Waals surface area contributed by atoms with Crippen LogP contribution in [-0.2, 0) is 16.0 Å². The SMILES string of the molecule is COC(=O)CC(CNc1cc(Nc2cnccn2)nc(-c2ccnc(N3CCN(C(=O)O)CC3)c2)c1)Cc1ccccc1. The van der Waals surface area contributed by atoms with Crippen molar-refractivity contribution in [2.24, 2.45) is 5.92 Å². The molecule has 0 aliphatic carbocycles. The van der Waals surface area contributed by atoms with E-state index in [0.717, 1.165) is 22.6 Å². The van der Waals surface area contributed by atoms with E-state index in [1.54, 1.807) is 24.8 Å². The molecule has 1 amide bonds. The minimum atomic E-state index is -0.907. The van der Waals surface area contributed by atoms with Crippen molar-refractivity contribution >= 4 is 35.2 Å². The van der Waals surface area contributed by atoms with Gasteiger partial charge in [0.05, 0.1) is 25.4 Å². The van der Waals surface area contributed by atoms with Gasteiger partial charge in [-0.05, 0) is 36.1 Å². The minimum Gasteiger partial charge on any atom is -0.469 e. The molecule has 3 N–H and O–H groups in total. The summed E-state index contributed by atoms with van der Waals surface area (Å²) in [4.78, 5) is 44.9. The molecule has 1 fully saturated rings. The standard InChI is InChI=1S/C31H34N8O4/c1-43-30(40)16-23(15-22-5-3-2-4-6-22)20-35-25-18-26(36-27(19-25)37-28-21-32-9-10-33-28)24-7-8-34-29(17-24)38-11-13-39(14-12-38)31(41)42/h2-10,17-19,21,23H,11-16,20H2,1H3,(H,41,42)(H2,33,35,36,37). The van der Waals surface area contributed by atoms with Crippen LogP contribution in [0.4, 0.5) is 27.9 Å². The second kappa shape index (κ2) is 14.1. The van der Waals surface area contributed by atoms with Crippen molar-refractivity contribution in [2.75, 3.05) is 55.4 Å². The van der Waals surface area contributed by atoms with Crippen molar-refractivity contribution in [1.82, 2.24) is 24.8 Å². The van der Waals surface area contributed by atoms with E-state index in [1.165, 1.54) is 12.0 Å². The van der Waals surface area contributed by atoms with Gasteiger partial charge in [-0.25, -0.2) is 19.7 Å². The lowest BCUT2D eigenvalue weighted by Gasteiger charge is -2.33. The molecule has 4 aromatic rings. The van der Waals surface area contributed by atoms with Crippen LogP contribution in [0.2, 0.25) is 0 Å². The summed E-state index contributed by atoms with van der Waals surface area (Å²) in [7, 11) is 1.41. The van der Waals surface area contributed by atoms with Gasteiger partial charge in [-0.2, -0.15) is 0 Å². The quantitative estimate of drug-likeness (QED) is 0.217. The Morgan fingerprint density at radius 1 is 0.977 bits per heavy atom. The molecule has 0 spiro atoms. The van der Waals surface area contributed by atoms with Crippen LogP contribution < -0.4 is 15.5 Å². The average Bonchev–Trinajstić information content (AvgIpc) is 3.04. The Labute approximate surface area is 249 Å². The number of pyridine rings is 2. The third-order valence-corrected chi connectivity index (χ3v) is 7.21. The molecule has 43 heavy (non-hydrogen) atoms. The van der Waals surface area contributed by atoms with Gasteiger partial charge in [0.25, 0.3) is 0 Å². The van der Waals surface area contributed by atoms with Crippen LogP contribution in [0.5, 0.6) is 0 Å². The fourth-order valence-electron chi connectivity index (χ4n) is 4.96. The van der Waals surface area contributed by atoms with Gasteiger partial charge in [-0.1, -0.05) is 30.3 Å². The fourth-order valence-corrected chi connectivity index (χ4v) is 4.96. The van der Waals surface area contributed by atoms with Crippen LogP contribution >= 0.6 is 0 Å². The first kappa shape index (κ1) is 29.2. The molecule has 3 aromatic heterocycles. The number of esters is 1. The Morgan fingerprint density at radius 3 is 2.51 bits per heavy atom. The normalized spacial score (nSPS) is 13.7. The van der Waals surface area contributed by atoms with E-state index in [4.69, 9.17) is 9.72 Å². The molecule has 1 aliphatic rings. The summed E-state index contributed by atoms with van der Waals surface area (Å²) in [5.74, 6) is 1.63. The van der Waals surface area contributed by atoms with Crippen molar-refractivity contribution in [2.45, 2.75) is 12.8 Å². The number of benzene rings is 1. The van der Waals surface area contributed by atoms with Crippen LogP contribution in [-0.4, -0.2) is 81.8 Å². The zero-order valence-electron chi connectivity index (χ0n) is 23.9. The second-order valence-corrected chi connectivity index (χ2v) is 10.2. The van der Waals surface area contributed by atoms with E-state index in [2.05, 4.69) is 42.6 Å². The molecule has 1 atom stereocenters. The molecule has 1 unspecified atom stereocenters. The van der Waals surface area contributed by atoms with Crippen molar-refractivity contribution in [3.05, 3.63) is 84.9 Å². The lowest BCUT2D eigenvalue weighted by Crippen LogP contribution is -2.48. The molecule has 0 bridgehead atoms. The first-order valence-corrected chi connectivity index (χ1v) is 14.1. The van der Waals surface area contributed by atoms with Crippen molar-refractivity contribution in [1.29, 1.82) is 0 Å². The van der Waals surface area contributed by atoms with Gasteiger partial charge < -0.3 is 30.3 Å². The molecule has 0 saturated carbocycles. The van der Waals surface area contributed by atoms with Crippen molar-refractivity contribution in [3.63, 3.8) is 0 Å². The minimum absolute atomic E-state index is 0.000128. The van der Waals surface area contributed by atoms with Crippen LogP contribution in [0.15, 0.2) is 79.4 Å². The first-order chi connectivity index (χ1) is 21.0. The van der Waals surface area contributed by atoms with Crippen molar-refractivity contribution < 1.29 is 19.4 Å². The van der Waals surface area contributed by atoms with Gasteiger partial charge in [0, 0.05) is 68.6 Å². The number of nitrogens with zero attached hydrogens (tertiary/aromatic N) is 6. The Hall–Kier alpha value is -5.26. The Bertz CT molecular complexity index is 1510. The predicted molar refractivity (Wildman–Crippen MR) is 163 cm³/mol. The van der Waals surface area contributed by atoms with Gasteiger partial charge in [0.1, 0.15) is 17.5 Å². The van der Waals surface area contributed by atoms with Crippen LogP contribution in [0.25, 0.3) is 11.3 Å². The van der Waals surface area contributed by atoms with E-state index in [0.29, 0.717) is 56.5 Å². The third-order valence-electron chi connectivity index (χ3n) is 7.21.